The van der Waals surface area contributed by atoms with Gasteiger partial charge >= 0.3 is 0 Å². The van der Waals surface area contributed by atoms with Crippen molar-refractivity contribution < 1.29 is 14.3 Å². The molecule has 1 aromatic carbocycles. The second-order valence-corrected chi connectivity index (χ2v) is 8.75. The van der Waals surface area contributed by atoms with Gasteiger partial charge in [0.2, 0.25) is 11.0 Å². The van der Waals surface area contributed by atoms with Crippen molar-refractivity contribution in [1.82, 2.24) is 24.8 Å². The minimum atomic E-state index is -0.641. The van der Waals surface area contributed by atoms with E-state index in [2.05, 4.69) is 26.2 Å². The van der Waals surface area contributed by atoms with E-state index in [1.54, 1.807) is 0 Å². The molecule has 0 fully saturated rings. The predicted octanol–water partition coefficient (Wildman–Crippen LogP) is 3.19. The number of nitrogens with one attached hydrogen (secondary N) is 1. The number of terminal acetylenes is 1. The number of imidazole rings is 1. The molecule has 1 aliphatic rings. The molecule has 3 N–H and O–H groups in total. The van der Waals surface area contributed by atoms with E-state index in [1.165, 1.54) is 24.4 Å². The van der Waals surface area contributed by atoms with E-state index in [4.69, 9.17) is 21.6 Å². The normalized spacial score (nSPS) is 15.1. The van der Waals surface area contributed by atoms with Gasteiger partial charge in [0.25, 0.3) is 6.29 Å². The fourth-order valence-corrected chi connectivity index (χ4v) is 4.19. The van der Waals surface area contributed by atoms with Crippen LogP contribution in [0.4, 0.5) is 5.82 Å². The summed E-state index contributed by atoms with van der Waals surface area (Å²) in [6.07, 6.45) is 8.35. The van der Waals surface area contributed by atoms with Crippen LogP contribution in [0.15, 0.2) is 47.1 Å². The number of hydrogen-bond donors (Lipinski definition) is 2. The number of rotatable bonds is 8. The van der Waals surface area contributed by atoms with Crippen LogP contribution in [-0.4, -0.2) is 32.0 Å². The molecular weight excluding hydrogens is 440 g/mol. The molecule has 0 saturated carbocycles. The summed E-state index contributed by atoms with van der Waals surface area (Å²) < 4.78 is 13.6. The number of thioether (sulfide) groups is 1. The van der Waals surface area contributed by atoms with Crippen LogP contribution in [0.1, 0.15) is 37.7 Å². The Morgan fingerprint density at radius 2 is 2.18 bits per heavy atom. The monoisotopic (exact) mass is 464 g/mol. The average Bonchev–Trinajstić information content (AvgIpc) is 3.39. The van der Waals surface area contributed by atoms with Gasteiger partial charge in [-0.3, -0.25) is 4.79 Å². The van der Waals surface area contributed by atoms with Gasteiger partial charge in [0.15, 0.2) is 22.1 Å². The summed E-state index contributed by atoms with van der Waals surface area (Å²) in [5.41, 5.74) is 8.55. The van der Waals surface area contributed by atoms with Crippen LogP contribution < -0.4 is 11.1 Å². The highest BCUT2D eigenvalue weighted by molar-refractivity contribution is 8.02. The number of ether oxygens (including phenoxy) is 2. The quantitative estimate of drug-likeness (QED) is 0.488. The van der Waals surface area contributed by atoms with E-state index in [0.29, 0.717) is 46.5 Å². The SMILES string of the molecule is C#Cc1ccccc1C1OC=C(Sc2nc3c(N)ncnc3n2CCNC(=O)CC(C)C)O1. The van der Waals surface area contributed by atoms with E-state index in [1.807, 2.05) is 42.7 Å². The molecule has 0 spiro atoms. The number of anilines is 1. The Bertz CT molecular complexity index is 1250. The number of nitrogen functional groups attached to an aromatic ring is 1. The van der Waals surface area contributed by atoms with E-state index in [-0.39, 0.29) is 17.6 Å². The van der Waals surface area contributed by atoms with Gasteiger partial charge in [0, 0.05) is 30.6 Å². The summed E-state index contributed by atoms with van der Waals surface area (Å²) in [5.74, 6) is 3.22. The van der Waals surface area contributed by atoms with E-state index in [0.717, 1.165) is 5.56 Å². The molecule has 3 aromatic rings. The molecule has 0 aliphatic carbocycles. The Morgan fingerprint density at radius 1 is 1.36 bits per heavy atom. The molecule has 1 atom stereocenters. The van der Waals surface area contributed by atoms with Crippen LogP contribution >= 0.6 is 11.8 Å². The first kappa shape index (κ1) is 22.5. The number of amides is 1. The molecule has 33 heavy (non-hydrogen) atoms. The molecule has 0 bridgehead atoms. The summed E-state index contributed by atoms with van der Waals surface area (Å²) in [5, 5.41) is 4.04. The first-order chi connectivity index (χ1) is 16.0. The Morgan fingerprint density at radius 3 is 2.97 bits per heavy atom. The number of nitrogens with two attached hydrogens (primary N) is 1. The van der Waals surface area contributed by atoms with Gasteiger partial charge in [0.05, 0.1) is 0 Å². The van der Waals surface area contributed by atoms with Crippen LogP contribution in [0, 0.1) is 18.3 Å². The molecule has 1 amide bonds. The van der Waals surface area contributed by atoms with Crippen molar-refractivity contribution in [2.45, 2.75) is 38.3 Å². The van der Waals surface area contributed by atoms with Crippen molar-refractivity contribution in [2.24, 2.45) is 5.92 Å². The lowest BCUT2D eigenvalue weighted by atomic mass is 10.1. The predicted molar refractivity (Wildman–Crippen MR) is 125 cm³/mol. The second-order valence-electron chi connectivity index (χ2n) is 7.78. The summed E-state index contributed by atoms with van der Waals surface area (Å²) in [4.78, 5) is 25.0. The van der Waals surface area contributed by atoms with Crippen LogP contribution in [0.5, 0.6) is 0 Å². The number of fused-ring (bicyclic) bond motifs is 1. The van der Waals surface area contributed by atoms with Gasteiger partial charge < -0.3 is 25.1 Å². The van der Waals surface area contributed by atoms with Crippen molar-refractivity contribution in [2.75, 3.05) is 12.3 Å². The molecule has 1 aliphatic heterocycles. The minimum absolute atomic E-state index is 0.00279. The molecule has 0 saturated heterocycles. The van der Waals surface area contributed by atoms with Gasteiger partial charge in [-0.2, -0.15) is 0 Å². The second kappa shape index (κ2) is 9.83. The van der Waals surface area contributed by atoms with Crippen LogP contribution in [-0.2, 0) is 20.8 Å². The Hall–Kier alpha value is -3.71. The Balaban J connectivity index is 1.51. The lowest BCUT2D eigenvalue weighted by molar-refractivity contribution is -0.121. The molecule has 1 unspecified atom stereocenters. The van der Waals surface area contributed by atoms with Gasteiger partial charge in [0.1, 0.15) is 12.6 Å². The number of benzene rings is 1. The maximum absolute atomic E-state index is 12.0. The molecule has 2 aromatic heterocycles. The zero-order valence-electron chi connectivity index (χ0n) is 18.3. The van der Waals surface area contributed by atoms with Crippen molar-refractivity contribution in [3.8, 4) is 12.3 Å². The third-order valence-corrected chi connectivity index (χ3v) is 5.74. The largest absolute Gasteiger partial charge is 0.454 e. The van der Waals surface area contributed by atoms with Gasteiger partial charge in [-0.25, -0.2) is 15.0 Å². The molecule has 170 valence electrons. The van der Waals surface area contributed by atoms with E-state index in [9.17, 15) is 4.79 Å². The van der Waals surface area contributed by atoms with Crippen molar-refractivity contribution in [3.05, 3.63) is 53.1 Å². The zero-order valence-corrected chi connectivity index (χ0v) is 19.1. The Labute approximate surface area is 195 Å². The smallest absolute Gasteiger partial charge is 0.269 e. The maximum Gasteiger partial charge on any atom is 0.269 e. The highest BCUT2D eigenvalue weighted by Crippen LogP contribution is 2.39. The van der Waals surface area contributed by atoms with Gasteiger partial charge in [-0.05, 0) is 23.7 Å². The van der Waals surface area contributed by atoms with Crippen molar-refractivity contribution in [1.29, 1.82) is 0 Å². The topological polar surface area (TPSA) is 117 Å². The van der Waals surface area contributed by atoms with Crippen molar-refractivity contribution in [3.63, 3.8) is 0 Å². The molecule has 9 nitrogen and oxygen atoms in total. The fourth-order valence-electron chi connectivity index (χ4n) is 3.35. The first-order valence-corrected chi connectivity index (χ1v) is 11.3. The van der Waals surface area contributed by atoms with E-state index < -0.39 is 6.29 Å². The van der Waals surface area contributed by atoms with Gasteiger partial charge in [-0.1, -0.05) is 38.0 Å². The standard InChI is InChI=1S/C23H24N6O3S/c1-4-15-7-5-6-8-16(15)22-31-12-18(32-22)33-23-28-19-20(24)26-13-27-21(19)29(23)10-9-25-17(30)11-14(2)3/h1,5-8,12-14,22H,9-11H2,2-3H3,(H,25,30)(H2,24,26,27). The number of hydrogen-bond acceptors (Lipinski definition) is 8. The summed E-state index contributed by atoms with van der Waals surface area (Å²) >= 11 is 1.27. The highest BCUT2D eigenvalue weighted by Gasteiger charge is 2.26. The van der Waals surface area contributed by atoms with Crippen molar-refractivity contribution >= 4 is 34.7 Å². The van der Waals surface area contributed by atoms with Crippen LogP contribution in [0.2, 0.25) is 0 Å². The molecule has 4 rings (SSSR count). The zero-order chi connectivity index (χ0) is 23.4. The van der Waals surface area contributed by atoms with Gasteiger partial charge in [-0.15, -0.1) is 6.42 Å². The highest BCUT2D eigenvalue weighted by atomic mass is 32.2. The molecule has 3 heterocycles. The maximum atomic E-state index is 12.0. The lowest BCUT2D eigenvalue weighted by Gasteiger charge is -2.14. The molecular formula is C23H24N6O3S. The van der Waals surface area contributed by atoms with Crippen LogP contribution in [0.25, 0.3) is 11.2 Å². The first-order valence-electron chi connectivity index (χ1n) is 10.4. The number of carbonyl (C=O) groups excluding carboxylic acids is 1. The summed E-state index contributed by atoms with van der Waals surface area (Å²) in [6.45, 7) is 4.88. The molecule has 0 radical (unpaired) electrons. The third-order valence-electron chi connectivity index (χ3n) is 4.85. The molecule has 10 heteroatoms. The Kier molecular flexibility index (Phi) is 6.70. The summed E-state index contributed by atoms with van der Waals surface area (Å²) in [7, 11) is 0. The third kappa shape index (κ3) is 5.04. The minimum Gasteiger partial charge on any atom is -0.454 e. The fraction of sp³-hybridized carbons (Fsp3) is 0.304. The van der Waals surface area contributed by atoms with Crippen LogP contribution in [0.3, 0.4) is 0 Å². The average molecular weight is 465 g/mol. The van der Waals surface area contributed by atoms with E-state index >= 15 is 0 Å². The lowest BCUT2D eigenvalue weighted by Crippen LogP contribution is -2.28. The number of aromatic nitrogens is 4. The number of carbonyl (C=O) groups is 1. The number of nitrogens with zero attached hydrogens (tertiary/aromatic N) is 4. The summed E-state index contributed by atoms with van der Waals surface area (Å²) in [6, 6.07) is 7.45.